The van der Waals surface area contributed by atoms with E-state index in [0.717, 1.165) is 5.56 Å². The highest BCUT2D eigenvalue weighted by Crippen LogP contribution is 2.43. The molecule has 8 heteroatoms. The van der Waals surface area contributed by atoms with Crippen molar-refractivity contribution in [3.63, 3.8) is 0 Å². The predicted molar refractivity (Wildman–Crippen MR) is 93.1 cm³/mol. The lowest BCUT2D eigenvalue weighted by Crippen LogP contribution is -2.04. The summed E-state index contributed by atoms with van der Waals surface area (Å²) in [5, 5.41) is 15.6. The summed E-state index contributed by atoms with van der Waals surface area (Å²) in [6, 6.07) is 6.73. The largest absolute Gasteiger partial charge is 0.493 e. The van der Waals surface area contributed by atoms with Gasteiger partial charge in [0.1, 0.15) is 11.2 Å². The van der Waals surface area contributed by atoms with Crippen LogP contribution in [0.4, 0.5) is 11.5 Å². The topological polar surface area (TPSA) is 99.4 Å². The predicted octanol–water partition coefficient (Wildman–Crippen LogP) is 3.17. The first-order chi connectivity index (χ1) is 12.2. The average Bonchev–Trinajstić information content (AvgIpc) is 2.65. The molecule has 128 valence electrons. The maximum Gasteiger partial charge on any atom is 0.284 e. The number of nitrogens with zero attached hydrogens (tertiary/aromatic N) is 3. The molecule has 0 saturated heterocycles. The molecule has 0 atom stereocenters. The third kappa shape index (κ3) is 3.14. The van der Waals surface area contributed by atoms with Crippen molar-refractivity contribution in [1.82, 2.24) is 9.97 Å². The van der Waals surface area contributed by atoms with Crippen LogP contribution >= 0.6 is 0 Å². The number of aromatic nitrogens is 2. The molecule has 1 N–H and O–H groups in total. The van der Waals surface area contributed by atoms with Crippen LogP contribution < -0.4 is 14.8 Å². The van der Waals surface area contributed by atoms with E-state index >= 15 is 0 Å². The molecule has 0 aliphatic heterocycles. The molecule has 3 rings (SSSR count). The molecular formula is C17H16N4O4. The molecule has 0 bridgehead atoms. The Morgan fingerprint density at radius 3 is 2.56 bits per heavy atom. The number of nitro benzene ring substituents is 1. The van der Waals surface area contributed by atoms with E-state index in [2.05, 4.69) is 15.3 Å². The van der Waals surface area contributed by atoms with Crippen LogP contribution in [0.25, 0.3) is 10.8 Å². The number of methoxy groups -OCH3 is 2. The molecule has 0 amide bonds. The fraction of sp³-hybridized carbons (Fsp3) is 0.176. The van der Waals surface area contributed by atoms with E-state index in [4.69, 9.17) is 9.47 Å². The van der Waals surface area contributed by atoms with Crippen molar-refractivity contribution >= 4 is 22.3 Å². The van der Waals surface area contributed by atoms with Gasteiger partial charge in [-0.25, -0.2) is 4.98 Å². The first kappa shape index (κ1) is 16.4. The van der Waals surface area contributed by atoms with Gasteiger partial charge in [-0.1, -0.05) is 0 Å². The van der Waals surface area contributed by atoms with E-state index < -0.39 is 4.92 Å². The van der Waals surface area contributed by atoms with Crippen molar-refractivity contribution in [2.75, 3.05) is 19.5 Å². The van der Waals surface area contributed by atoms with Gasteiger partial charge < -0.3 is 14.8 Å². The van der Waals surface area contributed by atoms with Gasteiger partial charge in [-0.15, -0.1) is 0 Å². The summed E-state index contributed by atoms with van der Waals surface area (Å²) in [6.45, 7) is 0.458. The van der Waals surface area contributed by atoms with E-state index in [0.29, 0.717) is 34.6 Å². The van der Waals surface area contributed by atoms with E-state index in [-0.39, 0.29) is 5.69 Å². The van der Waals surface area contributed by atoms with Gasteiger partial charge in [-0.05, 0) is 23.8 Å². The Morgan fingerprint density at radius 1 is 1.16 bits per heavy atom. The number of anilines is 1. The van der Waals surface area contributed by atoms with Crippen molar-refractivity contribution < 1.29 is 14.4 Å². The Bertz CT molecular complexity index is 915. The van der Waals surface area contributed by atoms with Crippen molar-refractivity contribution in [3.8, 4) is 11.5 Å². The second-order valence-corrected chi connectivity index (χ2v) is 5.18. The summed E-state index contributed by atoms with van der Waals surface area (Å²) in [7, 11) is 2.94. The minimum absolute atomic E-state index is 0.0991. The Balaban J connectivity index is 2.14. The van der Waals surface area contributed by atoms with Crippen LogP contribution in [0.15, 0.2) is 42.9 Å². The van der Waals surface area contributed by atoms with Gasteiger partial charge in [0.15, 0.2) is 11.5 Å². The number of rotatable bonds is 6. The van der Waals surface area contributed by atoms with Gasteiger partial charge in [0.2, 0.25) is 0 Å². The first-order valence-electron chi connectivity index (χ1n) is 7.46. The summed E-state index contributed by atoms with van der Waals surface area (Å²) in [4.78, 5) is 19.3. The monoisotopic (exact) mass is 340 g/mol. The van der Waals surface area contributed by atoms with E-state index in [1.54, 1.807) is 24.7 Å². The van der Waals surface area contributed by atoms with Gasteiger partial charge in [-0.3, -0.25) is 15.1 Å². The number of pyridine rings is 2. The number of fused-ring (bicyclic) bond motifs is 1. The normalized spacial score (nSPS) is 10.5. The van der Waals surface area contributed by atoms with Crippen LogP contribution in [-0.4, -0.2) is 29.1 Å². The Kier molecular flexibility index (Phi) is 4.60. The lowest BCUT2D eigenvalue weighted by Gasteiger charge is -2.14. The number of hydrogen-bond donors (Lipinski definition) is 1. The number of nitrogens with one attached hydrogen (secondary N) is 1. The summed E-state index contributed by atoms with van der Waals surface area (Å²) in [5.74, 6) is 1.13. The van der Waals surface area contributed by atoms with Crippen molar-refractivity contribution in [2.24, 2.45) is 0 Å². The molecule has 8 nitrogen and oxygen atoms in total. The van der Waals surface area contributed by atoms with Gasteiger partial charge in [0.05, 0.1) is 25.2 Å². The zero-order valence-electron chi connectivity index (χ0n) is 13.7. The average molecular weight is 340 g/mol. The number of non-ortho nitro benzene ring substituents is 1. The smallest absolute Gasteiger partial charge is 0.284 e. The molecule has 0 aliphatic rings. The van der Waals surface area contributed by atoms with Crippen LogP contribution in [0, 0.1) is 10.1 Å². The van der Waals surface area contributed by atoms with Crippen LogP contribution in [0.5, 0.6) is 11.5 Å². The second-order valence-electron chi connectivity index (χ2n) is 5.18. The van der Waals surface area contributed by atoms with E-state index in [1.165, 1.54) is 20.3 Å². The molecule has 0 unspecified atom stereocenters. The molecule has 0 saturated carbocycles. The van der Waals surface area contributed by atoms with Gasteiger partial charge >= 0.3 is 0 Å². The van der Waals surface area contributed by atoms with Gasteiger partial charge in [0.25, 0.3) is 5.69 Å². The summed E-state index contributed by atoms with van der Waals surface area (Å²) < 4.78 is 10.6. The van der Waals surface area contributed by atoms with Crippen LogP contribution in [0.1, 0.15) is 5.56 Å². The highest BCUT2D eigenvalue weighted by atomic mass is 16.6. The minimum Gasteiger partial charge on any atom is -0.493 e. The zero-order chi connectivity index (χ0) is 17.8. The standard InChI is InChI=1S/C17H16N4O4/c1-24-14-9-13(21(22)23)15-12(16(14)25-2)5-8-19-17(15)20-10-11-3-6-18-7-4-11/h3-9H,10H2,1-2H3,(H,19,20). The van der Waals surface area contributed by atoms with Crippen molar-refractivity contribution in [3.05, 3.63) is 58.5 Å². The third-order valence-corrected chi connectivity index (χ3v) is 3.77. The van der Waals surface area contributed by atoms with Crippen LogP contribution in [-0.2, 0) is 6.54 Å². The molecule has 0 radical (unpaired) electrons. The summed E-state index contributed by atoms with van der Waals surface area (Å²) >= 11 is 0. The van der Waals surface area contributed by atoms with E-state index in [9.17, 15) is 10.1 Å². The fourth-order valence-corrected chi connectivity index (χ4v) is 2.63. The minimum atomic E-state index is -0.455. The number of ether oxygens (including phenoxy) is 2. The van der Waals surface area contributed by atoms with Crippen molar-refractivity contribution in [2.45, 2.75) is 6.54 Å². The summed E-state index contributed by atoms with van der Waals surface area (Å²) in [5.41, 5.74) is 0.884. The molecule has 1 aromatic carbocycles. The molecule has 2 aromatic heterocycles. The quantitative estimate of drug-likeness (QED) is 0.543. The number of hydrogen-bond acceptors (Lipinski definition) is 7. The molecular weight excluding hydrogens is 324 g/mol. The highest BCUT2D eigenvalue weighted by Gasteiger charge is 2.23. The van der Waals surface area contributed by atoms with Crippen LogP contribution in [0.2, 0.25) is 0 Å². The molecule has 0 aliphatic carbocycles. The lowest BCUT2D eigenvalue weighted by molar-refractivity contribution is -0.383. The Hall–Kier alpha value is -3.42. The highest BCUT2D eigenvalue weighted by molar-refractivity contribution is 6.04. The first-order valence-corrected chi connectivity index (χ1v) is 7.46. The molecule has 0 spiro atoms. The molecule has 25 heavy (non-hydrogen) atoms. The fourth-order valence-electron chi connectivity index (χ4n) is 2.63. The van der Waals surface area contributed by atoms with Gasteiger partial charge in [0, 0.05) is 30.5 Å². The molecule has 2 heterocycles. The third-order valence-electron chi connectivity index (χ3n) is 3.77. The van der Waals surface area contributed by atoms with E-state index in [1.807, 2.05) is 12.1 Å². The lowest BCUT2D eigenvalue weighted by atomic mass is 10.1. The molecule has 0 fully saturated rings. The van der Waals surface area contributed by atoms with Gasteiger partial charge in [-0.2, -0.15) is 0 Å². The second kappa shape index (κ2) is 7.00. The summed E-state index contributed by atoms with van der Waals surface area (Å²) in [6.07, 6.45) is 4.94. The zero-order valence-corrected chi connectivity index (χ0v) is 13.7. The van der Waals surface area contributed by atoms with Crippen LogP contribution in [0.3, 0.4) is 0 Å². The van der Waals surface area contributed by atoms with Crippen molar-refractivity contribution in [1.29, 1.82) is 0 Å². The molecule has 3 aromatic rings. The Labute approximate surface area is 143 Å². The Morgan fingerprint density at radius 2 is 1.92 bits per heavy atom. The maximum absolute atomic E-state index is 11.6. The SMILES string of the molecule is COc1cc([N+](=O)[O-])c2c(NCc3ccncc3)nccc2c1OC. The number of nitro groups is 1. The maximum atomic E-state index is 11.6. The number of benzene rings is 1.